The molecule has 2 unspecified atom stereocenters. The highest BCUT2D eigenvalue weighted by Crippen LogP contribution is 2.10. The van der Waals surface area contributed by atoms with Gasteiger partial charge in [-0.1, -0.05) is 29.8 Å². The summed E-state index contributed by atoms with van der Waals surface area (Å²) in [5, 5.41) is 12.8. The number of likely N-dealkylation sites (N-methyl/N-ethyl adjacent to an activating group) is 1. The summed E-state index contributed by atoms with van der Waals surface area (Å²) in [6.45, 7) is 4.82. The maximum Gasteiger partial charge on any atom is 0.0680 e. The minimum atomic E-state index is -0.160. The van der Waals surface area contributed by atoms with Crippen molar-refractivity contribution in [2.24, 2.45) is 0 Å². The average molecular weight is 234 g/mol. The standard InChI is InChI=1S/C14H22N2O/c1-11-4-3-5-12(6-11)9-16(2)10-13-7-14(17)8-15-13/h3-6,13-15,17H,7-10H2,1-2H3. The second kappa shape index (κ2) is 5.63. The molecular formula is C14H22N2O. The fourth-order valence-corrected chi connectivity index (χ4v) is 2.50. The summed E-state index contributed by atoms with van der Waals surface area (Å²) in [6.07, 6.45) is 0.713. The topological polar surface area (TPSA) is 35.5 Å². The van der Waals surface area contributed by atoms with Crippen LogP contribution in [0.1, 0.15) is 17.5 Å². The van der Waals surface area contributed by atoms with Gasteiger partial charge in [0.15, 0.2) is 0 Å². The van der Waals surface area contributed by atoms with Crippen LogP contribution < -0.4 is 5.32 Å². The molecule has 1 saturated heterocycles. The van der Waals surface area contributed by atoms with Crippen LogP contribution in [-0.2, 0) is 6.54 Å². The maximum absolute atomic E-state index is 9.46. The first kappa shape index (κ1) is 12.6. The Labute approximate surface area is 103 Å². The van der Waals surface area contributed by atoms with E-state index >= 15 is 0 Å². The van der Waals surface area contributed by atoms with Gasteiger partial charge in [0.1, 0.15) is 0 Å². The zero-order valence-electron chi connectivity index (χ0n) is 10.7. The highest BCUT2D eigenvalue weighted by Gasteiger charge is 2.22. The highest BCUT2D eigenvalue weighted by molar-refractivity contribution is 5.22. The van der Waals surface area contributed by atoms with Crippen LogP contribution in [0.15, 0.2) is 24.3 Å². The van der Waals surface area contributed by atoms with Crippen molar-refractivity contribution in [3.05, 3.63) is 35.4 Å². The van der Waals surface area contributed by atoms with Crippen molar-refractivity contribution in [1.29, 1.82) is 0 Å². The van der Waals surface area contributed by atoms with Crippen molar-refractivity contribution < 1.29 is 5.11 Å². The first-order valence-electron chi connectivity index (χ1n) is 6.29. The summed E-state index contributed by atoms with van der Waals surface area (Å²) in [5.41, 5.74) is 2.66. The van der Waals surface area contributed by atoms with Crippen LogP contribution in [0.2, 0.25) is 0 Å². The summed E-state index contributed by atoms with van der Waals surface area (Å²) < 4.78 is 0. The lowest BCUT2D eigenvalue weighted by atomic mass is 10.1. The molecule has 0 amide bonds. The van der Waals surface area contributed by atoms with Gasteiger partial charge >= 0.3 is 0 Å². The summed E-state index contributed by atoms with van der Waals surface area (Å²) >= 11 is 0. The van der Waals surface area contributed by atoms with Gasteiger partial charge in [-0.05, 0) is 26.0 Å². The van der Waals surface area contributed by atoms with E-state index in [0.717, 1.165) is 26.1 Å². The molecule has 0 aromatic heterocycles. The van der Waals surface area contributed by atoms with Gasteiger partial charge in [-0.3, -0.25) is 0 Å². The number of hydrogen-bond acceptors (Lipinski definition) is 3. The van der Waals surface area contributed by atoms with Crippen LogP contribution in [0.5, 0.6) is 0 Å². The van der Waals surface area contributed by atoms with Crippen LogP contribution in [0, 0.1) is 6.92 Å². The molecule has 0 saturated carbocycles. The molecule has 0 aliphatic carbocycles. The van der Waals surface area contributed by atoms with E-state index in [4.69, 9.17) is 0 Å². The molecule has 1 heterocycles. The Morgan fingerprint density at radius 2 is 2.29 bits per heavy atom. The molecule has 1 aromatic rings. The second-order valence-electron chi connectivity index (χ2n) is 5.18. The SMILES string of the molecule is Cc1cccc(CN(C)CC2CC(O)CN2)c1. The third-order valence-electron chi connectivity index (χ3n) is 3.27. The van der Waals surface area contributed by atoms with Gasteiger partial charge in [-0.25, -0.2) is 0 Å². The summed E-state index contributed by atoms with van der Waals surface area (Å²) in [4.78, 5) is 2.31. The average Bonchev–Trinajstić information content (AvgIpc) is 2.63. The molecule has 1 aromatic carbocycles. The minimum Gasteiger partial charge on any atom is -0.392 e. The molecule has 94 valence electrons. The van der Waals surface area contributed by atoms with Crippen LogP contribution in [0.3, 0.4) is 0 Å². The molecule has 1 aliphatic rings. The Hall–Kier alpha value is -0.900. The molecule has 0 spiro atoms. The van der Waals surface area contributed by atoms with Gasteiger partial charge in [0.05, 0.1) is 6.10 Å². The van der Waals surface area contributed by atoms with Crippen LogP contribution in [-0.4, -0.2) is 42.3 Å². The molecule has 1 fully saturated rings. The molecule has 3 nitrogen and oxygen atoms in total. The predicted molar refractivity (Wildman–Crippen MR) is 69.9 cm³/mol. The molecule has 3 heteroatoms. The smallest absolute Gasteiger partial charge is 0.0680 e. The lowest BCUT2D eigenvalue weighted by molar-refractivity contribution is 0.189. The Morgan fingerprint density at radius 1 is 1.47 bits per heavy atom. The van der Waals surface area contributed by atoms with Gasteiger partial charge in [0.2, 0.25) is 0 Å². The second-order valence-corrected chi connectivity index (χ2v) is 5.18. The number of hydrogen-bond donors (Lipinski definition) is 2. The number of aryl methyl sites for hydroxylation is 1. The van der Waals surface area contributed by atoms with Crippen molar-refractivity contribution in [3.8, 4) is 0 Å². The quantitative estimate of drug-likeness (QED) is 0.820. The lowest BCUT2D eigenvalue weighted by Crippen LogP contribution is -2.34. The Kier molecular flexibility index (Phi) is 4.15. The number of aliphatic hydroxyl groups is 1. The summed E-state index contributed by atoms with van der Waals surface area (Å²) in [5.74, 6) is 0. The Bertz CT molecular complexity index is 367. The van der Waals surface area contributed by atoms with E-state index < -0.39 is 0 Å². The molecule has 0 bridgehead atoms. The van der Waals surface area contributed by atoms with E-state index in [0.29, 0.717) is 6.04 Å². The number of benzene rings is 1. The van der Waals surface area contributed by atoms with Crippen molar-refractivity contribution in [2.45, 2.75) is 32.0 Å². The number of β-amino-alcohol motifs (C(OH)–C–C–N with tert-alkyl or cyclic N) is 1. The first-order chi connectivity index (χ1) is 8.13. The van der Waals surface area contributed by atoms with Crippen molar-refractivity contribution in [1.82, 2.24) is 10.2 Å². The third kappa shape index (κ3) is 3.80. The van der Waals surface area contributed by atoms with Gasteiger partial charge < -0.3 is 15.3 Å². The van der Waals surface area contributed by atoms with E-state index in [-0.39, 0.29) is 6.10 Å². The monoisotopic (exact) mass is 234 g/mol. The molecule has 17 heavy (non-hydrogen) atoms. The van der Waals surface area contributed by atoms with Crippen LogP contribution in [0.4, 0.5) is 0 Å². The molecule has 2 rings (SSSR count). The van der Waals surface area contributed by atoms with Gasteiger partial charge in [0, 0.05) is 25.7 Å². The fourth-order valence-electron chi connectivity index (χ4n) is 2.50. The molecule has 1 aliphatic heterocycles. The van der Waals surface area contributed by atoms with Crippen molar-refractivity contribution in [2.75, 3.05) is 20.1 Å². The van der Waals surface area contributed by atoms with Gasteiger partial charge in [0.25, 0.3) is 0 Å². The Morgan fingerprint density at radius 3 is 2.94 bits per heavy atom. The van der Waals surface area contributed by atoms with E-state index in [1.54, 1.807) is 0 Å². The lowest BCUT2D eigenvalue weighted by Gasteiger charge is -2.21. The van der Waals surface area contributed by atoms with E-state index in [2.05, 4.69) is 48.5 Å². The zero-order chi connectivity index (χ0) is 12.3. The van der Waals surface area contributed by atoms with Crippen molar-refractivity contribution in [3.63, 3.8) is 0 Å². The number of nitrogens with one attached hydrogen (secondary N) is 1. The van der Waals surface area contributed by atoms with Crippen LogP contribution >= 0.6 is 0 Å². The number of aliphatic hydroxyl groups excluding tert-OH is 1. The Balaban J connectivity index is 1.83. The van der Waals surface area contributed by atoms with E-state index in [1.807, 2.05) is 0 Å². The largest absolute Gasteiger partial charge is 0.392 e. The van der Waals surface area contributed by atoms with Gasteiger partial charge in [-0.15, -0.1) is 0 Å². The van der Waals surface area contributed by atoms with Crippen molar-refractivity contribution >= 4 is 0 Å². The third-order valence-corrected chi connectivity index (χ3v) is 3.27. The van der Waals surface area contributed by atoms with Gasteiger partial charge in [-0.2, -0.15) is 0 Å². The molecular weight excluding hydrogens is 212 g/mol. The predicted octanol–water partition coefficient (Wildman–Crippen LogP) is 1.15. The minimum absolute atomic E-state index is 0.160. The molecule has 2 atom stereocenters. The van der Waals surface area contributed by atoms with Crippen LogP contribution in [0.25, 0.3) is 0 Å². The summed E-state index contributed by atoms with van der Waals surface area (Å²) in [7, 11) is 2.13. The normalized spacial score (nSPS) is 24.5. The summed E-state index contributed by atoms with van der Waals surface area (Å²) in [6, 6.07) is 9.06. The first-order valence-corrected chi connectivity index (χ1v) is 6.29. The van der Waals surface area contributed by atoms with E-state index in [1.165, 1.54) is 11.1 Å². The number of nitrogens with zero attached hydrogens (tertiary/aromatic N) is 1. The zero-order valence-corrected chi connectivity index (χ0v) is 10.7. The maximum atomic E-state index is 9.46. The molecule has 2 N–H and O–H groups in total. The number of rotatable bonds is 4. The highest BCUT2D eigenvalue weighted by atomic mass is 16.3. The molecule has 0 radical (unpaired) electrons. The van der Waals surface area contributed by atoms with E-state index in [9.17, 15) is 5.11 Å². The fraction of sp³-hybridized carbons (Fsp3) is 0.571.